The second kappa shape index (κ2) is 5.21. The van der Waals surface area contributed by atoms with Crippen LogP contribution < -0.4 is 10.5 Å². The molecule has 0 aliphatic rings. The Morgan fingerprint density at radius 3 is 2.73 bits per heavy atom. The number of rotatable bonds is 4. The zero-order chi connectivity index (χ0) is 11.4. The molecule has 0 fully saturated rings. The molecule has 4 nitrogen and oxygen atoms in total. The standard InChI is InChI=1S/C10H14ClNO3/c1-15-8-3-2-6(7(12)4-5-13)9(11)10(8)14/h2-3,7,13-14H,4-5,12H2,1H3. The van der Waals surface area contributed by atoms with Crippen LogP contribution in [0.5, 0.6) is 11.5 Å². The van der Waals surface area contributed by atoms with Crippen LogP contribution in [0.3, 0.4) is 0 Å². The Balaban J connectivity index is 3.06. The molecule has 0 heterocycles. The minimum atomic E-state index is -0.390. The number of ether oxygens (including phenoxy) is 1. The van der Waals surface area contributed by atoms with E-state index in [1.165, 1.54) is 7.11 Å². The lowest BCUT2D eigenvalue weighted by Gasteiger charge is -2.14. The Labute approximate surface area is 93.2 Å². The van der Waals surface area contributed by atoms with E-state index in [0.717, 1.165) is 0 Å². The topological polar surface area (TPSA) is 75.7 Å². The molecule has 1 unspecified atom stereocenters. The van der Waals surface area contributed by atoms with Crippen molar-refractivity contribution >= 4 is 11.6 Å². The van der Waals surface area contributed by atoms with Gasteiger partial charge < -0.3 is 20.7 Å². The SMILES string of the molecule is COc1ccc(C(N)CCO)c(Cl)c1O. The minimum Gasteiger partial charge on any atom is -0.503 e. The Morgan fingerprint density at radius 1 is 1.53 bits per heavy atom. The molecule has 0 spiro atoms. The number of aliphatic hydroxyl groups is 1. The molecule has 0 saturated heterocycles. The van der Waals surface area contributed by atoms with E-state index in [4.69, 9.17) is 27.2 Å². The normalized spacial score (nSPS) is 12.5. The summed E-state index contributed by atoms with van der Waals surface area (Å²) in [6.45, 7) is -0.0235. The van der Waals surface area contributed by atoms with E-state index in [-0.39, 0.29) is 23.4 Å². The zero-order valence-corrected chi connectivity index (χ0v) is 9.16. The maximum atomic E-state index is 9.62. The van der Waals surface area contributed by atoms with Gasteiger partial charge in [0.15, 0.2) is 11.5 Å². The van der Waals surface area contributed by atoms with E-state index in [2.05, 4.69) is 0 Å². The van der Waals surface area contributed by atoms with Gasteiger partial charge in [-0.2, -0.15) is 0 Å². The molecule has 1 aromatic rings. The fourth-order valence-electron chi connectivity index (χ4n) is 1.31. The third-order valence-electron chi connectivity index (χ3n) is 2.17. The summed E-state index contributed by atoms with van der Waals surface area (Å²) in [5.74, 6) is 0.185. The van der Waals surface area contributed by atoms with Crippen LogP contribution in [0.1, 0.15) is 18.0 Å². The van der Waals surface area contributed by atoms with E-state index in [1.54, 1.807) is 12.1 Å². The molecule has 0 aliphatic carbocycles. The molecule has 0 aliphatic heterocycles. The zero-order valence-electron chi connectivity index (χ0n) is 8.40. The maximum absolute atomic E-state index is 9.62. The fourth-order valence-corrected chi connectivity index (χ4v) is 1.60. The monoisotopic (exact) mass is 231 g/mol. The third-order valence-corrected chi connectivity index (χ3v) is 2.57. The molecule has 0 radical (unpaired) electrons. The molecule has 0 saturated carbocycles. The molecule has 5 heteroatoms. The molecular weight excluding hydrogens is 218 g/mol. The number of hydrogen-bond acceptors (Lipinski definition) is 4. The summed E-state index contributed by atoms with van der Waals surface area (Å²) in [5, 5.41) is 18.5. The number of aromatic hydroxyl groups is 1. The molecular formula is C10H14ClNO3. The molecule has 0 bridgehead atoms. The second-order valence-electron chi connectivity index (χ2n) is 3.14. The first-order valence-corrected chi connectivity index (χ1v) is 4.91. The van der Waals surface area contributed by atoms with Crippen LogP contribution in [-0.2, 0) is 0 Å². The molecule has 1 aromatic carbocycles. The van der Waals surface area contributed by atoms with Crippen molar-refractivity contribution in [3.63, 3.8) is 0 Å². The molecule has 0 aromatic heterocycles. The van der Waals surface area contributed by atoms with Gasteiger partial charge in [0.25, 0.3) is 0 Å². The van der Waals surface area contributed by atoms with Gasteiger partial charge >= 0.3 is 0 Å². The predicted octanol–water partition coefficient (Wildman–Crippen LogP) is 1.44. The second-order valence-corrected chi connectivity index (χ2v) is 3.52. The van der Waals surface area contributed by atoms with Crippen molar-refractivity contribution in [1.82, 2.24) is 0 Å². The number of nitrogens with two attached hydrogens (primary N) is 1. The fraction of sp³-hybridized carbons (Fsp3) is 0.400. The van der Waals surface area contributed by atoms with Crippen molar-refractivity contribution in [1.29, 1.82) is 0 Å². The van der Waals surface area contributed by atoms with Gasteiger partial charge in [-0.15, -0.1) is 0 Å². The largest absolute Gasteiger partial charge is 0.503 e. The summed E-state index contributed by atoms with van der Waals surface area (Å²) < 4.78 is 4.90. The summed E-state index contributed by atoms with van der Waals surface area (Å²) >= 11 is 5.92. The minimum absolute atomic E-state index is 0.0235. The van der Waals surface area contributed by atoms with Gasteiger partial charge in [0.05, 0.1) is 12.1 Å². The average molecular weight is 232 g/mol. The summed E-state index contributed by atoms with van der Waals surface area (Å²) in [5.41, 5.74) is 6.37. The molecule has 4 N–H and O–H groups in total. The molecule has 1 atom stereocenters. The van der Waals surface area contributed by atoms with Crippen molar-refractivity contribution in [3.05, 3.63) is 22.7 Å². The van der Waals surface area contributed by atoms with E-state index in [1.807, 2.05) is 0 Å². The highest BCUT2D eigenvalue weighted by Crippen LogP contribution is 2.38. The molecule has 0 amide bonds. The molecule has 1 rings (SSSR count). The number of phenols is 1. The van der Waals surface area contributed by atoms with Gasteiger partial charge in [0.2, 0.25) is 0 Å². The van der Waals surface area contributed by atoms with E-state index in [0.29, 0.717) is 17.7 Å². The number of phenolic OH excluding ortho intramolecular Hbond substituents is 1. The Hall–Kier alpha value is -0.970. The van der Waals surface area contributed by atoms with Crippen molar-refractivity contribution in [3.8, 4) is 11.5 Å². The van der Waals surface area contributed by atoms with Gasteiger partial charge in [-0.05, 0) is 18.1 Å². The van der Waals surface area contributed by atoms with Crippen molar-refractivity contribution < 1.29 is 14.9 Å². The number of aliphatic hydroxyl groups excluding tert-OH is 1. The molecule has 84 valence electrons. The summed E-state index contributed by atoms with van der Waals surface area (Å²) in [6.07, 6.45) is 0.394. The van der Waals surface area contributed by atoms with Crippen LogP contribution in [0, 0.1) is 0 Å². The van der Waals surface area contributed by atoms with Gasteiger partial charge in [-0.25, -0.2) is 0 Å². The smallest absolute Gasteiger partial charge is 0.177 e. The Bertz CT molecular complexity index is 344. The maximum Gasteiger partial charge on any atom is 0.177 e. The van der Waals surface area contributed by atoms with Crippen molar-refractivity contribution in [2.24, 2.45) is 5.73 Å². The Kier molecular flexibility index (Phi) is 4.20. The number of methoxy groups -OCH3 is 1. The molecule has 15 heavy (non-hydrogen) atoms. The highest BCUT2D eigenvalue weighted by atomic mass is 35.5. The van der Waals surface area contributed by atoms with Gasteiger partial charge in [-0.3, -0.25) is 0 Å². The Morgan fingerprint density at radius 2 is 2.20 bits per heavy atom. The summed E-state index contributed by atoms with van der Waals surface area (Å²) in [6, 6.07) is 2.88. The van der Waals surface area contributed by atoms with Crippen molar-refractivity contribution in [2.75, 3.05) is 13.7 Å². The van der Waals surface area contributed by atoms with Crippen LogP contribution in [0.2, 0.25) is 5.02 Å². The summed E-state index contributed by atoms with van der Waals surface area (Å²) in [4.78, 5) is 0. The van der Waals surface area contributed by atoms with Gasteiger partial charge in [0.1, 0.15) is 0 Å². The predicted molar refractivity (Wildman–Crippen MR) is 58.3 cm³/mol. The lowest BCUT2D eigenvalue weighted by Crippen LogP contribution is -2.12. The highest BCUT2D eigenvalue weighted by Gasteiger charge is 2.15. The van der Waals surface area contributed by atoms with Gasteiger partial charge in [0, 0.05) is 12.6 Å². The first-order valence-electron chi connectivity index (χ1n) is 4.53. The average Bonchev–Trinajstić information content (AvgIpc) is 2.22. The van der Waals surface area contributed by atoms with Crippen LogP contribution in [0.15, 0.2) is 12.1 Å². The summed E-state index contributed by atoms with van der Waals surface area (Å²) in [7, 11) is 1.44. The van der Waals surface area contributed by atoms with Crippen molar-refractivity contribution in [2.45, 2.75) is 12.5 Å². The van der Waals surface area contributed by atoms with E-state index < -0.39 is 0 Å². The van der Waals surface area contributed by atoms with Crippen LogP contribution in [-0.4, -0.2) is 23.9 Å². The quantitative estimate of drug-likeness (QED) is 0.733. The van der Waals surface area contributed by atoms with E-state index in [9.17, 15) is 5.11 Å². The van der Waals surface area contributed by atoms with Crippen LogP contribution >= 0.6 is 11.6 Å². The first-order chi connectivity index (χ1) is 7.11. The third kappa shape index (κ3) is 2.53. The van der Waals surface area contributed by atoms with E-state index >= 15 is 0 Å². The highest BCUT2D eigenvalue weighted by molar-refractivity contribution is 6.33. The van der Waals surface area contributed by atoms with Crippen LogP contribution in [0.25, 0.3) is 0 Å². The number of benzene rings is 1. The lowest BCUT2D eigenvalue weighted by molar-refractivity contribution is 0.276. The number of halogens is 1. The van der Waals surface area contributed by atoms with Gasteiger partial charge in [-0.1, -0.05) is 17.7 Å². The number of hydrogen-bond donors (Lipinski definition) is 3. The lowest BCUT2D eigenvalue weighted by atomic mass is 10.0. The van der Waals surface area contributed by atoms with Crippen LogP contribution in [0.4, 0.5) is 0 Å². The first kappa shape index (κ1) is 12.1.